The van der Waals surface area contributed by atoms with Crippen molar-refractivity contribution in [2.24, 2.45) is 10.8 Å². The van der Waals surface area contributed by atoms with Crippen LogP contribution in [0.15, 0.2) is 0 Å². The minimum absolute atomic E-state index is 0.0338. The second-order valence-electron chi connectivity index (χ2n) is 11.0. The van der Waals surface area contributed by atoms with Crippen LogP contribution in [0.25, 0.3) is 0 Å². The Labute approximate surface area is 171 Å². The summed E-state index contributed by atoms with van der Waals surface area (Å²) in [6.07, 6.45) is 2.23. The smallest absolute Gasteiger partial charge is 0.329 e. The van der Waals surface area contributed by atoms with Crippen LogP contribution in [0.2, 0.25) is 0 Å². The van der Waals surface area contributed by atoms with Gasteiger partial charge in [0.05, 0.1) is 0 Å². The molecule has 0 aromatic rings. The first kappa shape index (κ1) is 26.4. The van der Waals surface area contributed by atoms with Crippen LogP contribution in [0.3, 0.4) is 0 Å². The van der Waals surface area contributed by atoms with E-state index in [0.717, 1.165) is 12.8 Å². The lowest BCUT2D eigenvalue weighted by Crippen LogP contribution is -2.53. The summed E-state index contributed by atoms with van der Waals surface area (Å²) >= 11 is 0. The summed E-state index contributed by atoms with van der Waals surface area (Å²) in [6, 6.07) is -1.31. The SMILES string of the molecule is CC(=O)CCC(NC(=O)NC(CCC(C)(C)C)C(C)(C)C)C(=O)OC(C)(C)C. The Balaban J connectivity index is 5.13. The highest BCUT2D eigenvalue weighted by atomic mass is 16.6. The second-order valence-corrected chi connectivity index (χ2v) is 11.0. The molecule has 0 heterocycles. The van der Waals surface area contributed by atoms with E-state index in [1.807, 2.05) is 0 Å². The summed E-state index contributed by atoms with van der Waals surface area (Å²) in [6.45, 7) is 19.6. The molecule has 2 atom stereocenters. The first-order valence-corrected chi connectivity index (χ1v) is 10.2. The third-order valence-corrected chi connectivity index (χ3v) is 4.32. The maximum Gasteiger partial charge on any atom is 0.329 e. The molecule has 2 N–H and O–H groups in total. The summed E-state index contributed by atoms with van der Waals surface area (Å²) < 4.78 is 5.40. The van der Waals surface area contributed by atoms with Gasteiger partial charge in [-0.15, -0.1) is 0 Å². The van der Waals surface area contributed by atoms with Gasteiger partial charge in [0.2, 0.25) is 0 Å². The molecule has 0 saturated carbocycles. The van der Waals surface area contributed by atoms with Crippen molar-refractivity contribution in [2.45, 2.75) is 113 Å². The van der Waals surface area contributed by atoms with Crippen LogP contribution >= 0.6 is 0 Å². The zero-order valence-corrected chi connectivity index (χ0v) is 19.6. The Hall–Kier alpha value is -1.59. The van der Waals surface area contributed by atoms with E-state index >= 15 is 0 Å². The van der Waals surface area contributed by atoms with Crippen molar-refractivity contribution in [3.8, 4) is 0 Å². The van der Waals surface area contributed by atoms with Crippen LogP contribution in [-0.4, -0.2) is 35.5 Å². The van der Waals surface area contributed by atoms with Crippen LogP contribution in [-0.2, 0) is 14.3 Å². The predicted molar refractivity (Wildman–Crippen MR) is 113 cm³/mol. The van der Waals surface area contributed by atoms with Gasteiger partial charge in [-0.25, -0.2) is 9.59 Å². The highest BCUT2D eigenvalue weighted by molar-refractivity contribution is 5.84. The molecule has 0 aliphatic rings. The van der Waals surface area contributed by atoms with E-state index in [0.29, 0.717) is 0 Å². The zero-order valence-electron chi connectivity index (χ0n) is 19.6. The van der Waals surface area contributed by atoms with Gasteiger partial charge in [-0.05, 0) is 57.8 Å². The molecule has 0 aliphatic carbocycles. The number of hydrogen-bond acceptors (Lipinski definition) is 4. The van der Waals surface area contributed by atoms with Crippen molar-refractivity contribution < 1.29 is 19.1 Å². The monoisotopic (exact) mass is 398 g/mol. The van der Waals surface area contributed by atoms with Gasteiger partial charge < -0.3 is 20.2 Å². The van der Waals surface area contributed by atoms with Gasteiger partial charge >= 0.3 is 12.0 Å². The Morgan fingerprint density at radius 3 is 1.79 bits per heavy atom. The second kappa shape index (κ2) is 10.3. The molecule has 0 aliphatic heterocycles. The van der Waals surface area contributed by atoms with Crippen LogP contribution < -0.4 is 10.6 Å². The number of rotatable bonds is 8. The summed E-state index contributed by atoms with van der Waals surface area (Å²) in [4.78, 5) is 36.5. The van der Waals surface area contributed by atoms with Crippen molar-refractivity contribution in [1.29, 1.82) is 0 Å². The Morgan fingerprint density at radius 2 is 1.39 bits per heavy atom. The number of carbonyl (C=O) groups is 3. The molecule has 2 amide bonds. The third-order valence-electron chi connectivity index (χ3n) is 4.32. The van der Waals surface area contributed by atoms with Gasteiger partial charge in [0.25, 0.3) is 0 Å². The zero-order chi connectivity index (χ0) is 22.3. The first-order valence-electron chi connectivity index (χ1n) is 10.2. The van der Waals surface area contributed by atoms with Crippen molar-refractivity contribution in [2.75, 3.05) is 0 Å². The molecule has 0 radical (unpaired) electrons. The van der Waals surface area contributed by atoms with E-state index in [1.54, 1.807) is 20.8 Å². The maximum absolute atomic E-state index is 12.6. The average Bonchev–Trinajstić information content (AvgIpc) is 2.43. The number of esters is 1. The Bertz CT molecular complexity index is 536. The molecule has 0 aromatic carbocycles. The van der Waals surface area contributed by atoms with Crippen molar-refractivity contribution >= 4 is 17.8 Å². The number of hydrogen-bond donors (Lipinski definition) is 2. The number of carbonyl (C=O) groups excluding carboxylic acids is 3. The Kier molecular flexibility index (Phi) is 9.68. The third kappa shape index (κ3) is 12.7. The minimum Gasteiger partial charge on any atom is -0.458 e. The van der Waals surface area contributed by atoms with Gasteiger partial charge in [-0.2, -0.15) is 0 Å². The number of Topliss-reactive ketones (excluding diaryl/α,β-unsaturated/α-hetero) is 1. The summed E-state index contributed by atoms with van der Waals surface area (Å²) in [7, 11) is 0. The quantitative estimate of drug-likeness (QED) is 0.585. The molecule has 0 bridgehead atoms. The van der Waals surface area contributed by atoms with Crippen LogP contribution in [0.5, 0.6) is 0 Å². The number of nitrogens with one attached hydrogen (secondary N) is 2. The van der Waals surface area contributed by atoms with Crippen LogP contribution in [0, 0.1) is 10.8 Å². The number of ether oxygens (including phenoxy) is 1. The lowest BCUT2D eigenvalue weighted by molar-refractivity contribution is -0.157. The molecule has 28 heavy (non-hydrogen) atoms. The minimum atomic E-state index is -0.855. The van der Waals surface area contributed by atoms with Crippen molar-refractivity contribution in [1.82, 2.24) is 10.6 Å². The van der Waals surface area contributed by atoms with E-state index in [4.69, 9.17) is 4.74 Å². The molecular formula is C22H42N2O4. The number of amides is 2. The molecule has 0 aromatic heterocycles. The fraction of sp³-hybridized carbons (Fsp3) is 0.864. The lowest BCUT2D eigenvalue weighted by Gasteiger charge is -2.34. The molecule has 0 spiro atoms. The number of urea groups is 1. The average molecular weight is 399 g/mol. The molecule has 0 saturated heterocycles. The van der Waals surface area contributed by atoms with Crippen molar-refractivity contribution in [3.05, 3.63) is 0 Å². The van der Waals surface area contributed by atoms with Crippen LogP contribution in [0.1, 0.15) is 94.9 Å². The van der Waals surface area contributed by atoms with Crippen LogP contribution in [0.4, 0.5) is 4.79 Å². The number of ketones is 1. The Morgan fingerprint density at radius 1 is 0.857 bits per heavy atom. The van der Waals surface area contributed by atoms with E-state index < -0.39 is 23.6 Å². The van der Waals surface area contributed by atoms with Gasteiger partial charge in [-0.1, -0.05) is 41.5 Å². The largest absolute Gasteiger partial charge is 0.458 e. The molecular weight excluding hydrogens is 356 g/mol. The highest BCUT2D eigenvalue weighted by Crippen LogP contribution is 2.28. The van der Waals surface area contributed by atoms with E-state index in [-0.39, 0.29) is 35.5 Å². The van der Waals surface area contributed by atoms with E-state index in [2.05, 4.69) is 52.2 Å². The molecule has 6 heteroatoms. The predicted octanol–water partition coefficient (Wildman–Crippen LogP) is 4.61. The van der Waals surface area contributed by atoms with Gasteiger partial charge in [0.15, 0.2) is 0 Å². The summed E-state index contributed by atoms with van der Waals surface area (Å²) in [5, 5.41) is 5.74. The van der Waals surface area contributed by atoms with E-state index in [9.17, 15) is 14.4 Å². The maximum atomic E-state index is 12.6. The molecule has 2 unspecified atom stereocenters. The van der Waals surface area contributed by atoms with Gasteiger partial charge in [0.1, 0.15) is 17.4 Å². The fourth-order valence-electron chi connectivity index (χ4n) is 2.63. The van der Waals surface area contributed by atoms with Gasteiger partial charge in [-0.3, -0.25) is 0 Å². The standard InChI is InChI=1S/C22H42N2O4/c1-15(25)11-12-16(18(26)28-22(8,9)10)23-19(27)24-17(21(5,6)7)13-14-20(2,3)4/h16-17H,11-14H2,1-10H3,(H2,23,24,27). The topological polar surface area (TPSA) is 84.5 Å². The highest BCUT2D eigenvalue weighted by Gasteiger charge is 2.31. The lowest BCUT2D eigenvalue weighted by atomic mass is 9.80. The first-order chi connectivity index (χ1) is 12.4. The van der Waals surface area contributed by atoms with Gasteiger partial charge in [0, 0.05) is 12.5 Å². The van der Waals surface area contributed by atoms with E-state index in [1.165, 1.54) is 6.92 Å². The van der Waals surface area contributed by atoms with Crippen molar-refractivity contribution in [3.63, 3.8) is 0 Å². The molecule has 6 nitrogen and oxygen atoms in total. The fourth-order valence-corrected chi connectivity index (χ4v) is 2.63. The summed E-state index contributed by atoms with van der Waals surface area (Å²) in [5.41, 5.74) is -0.615. The molecule has 0 rings (SSSR count). The molecule has 0 fully saturated rings. The molecule has 164 valence electrons. The normalized spacial score (nSPS) is 14.8. The summed E-state index contributed by atoms with van der Waals surface area (Å²) in [5.74, 6) is -0.556.